The number of hydrogen-bond donors (Lipinski definition) is 3. The molecule has 0 bridgehead atoms. The predicted octanol–water partition coefficient (Wildman–Crippen LogP) is -1.85. The molecule has 0 aliphatic heterocycles. The summed E-state index contributed by atoms with van der Waals surface area (Å²) in [6, 6.07) is 0. The van der Waals surface area contributed by atoms with E-state index in [0.717, 1.165) is 0 Å². The molecular formula is H5O4PSrZn. The third-order valence-corrected chi connectivity index (χ3v) is 0. The first-order chi connectivity index (χ1) is 2.00. The van der Waals surface area contributed by atoms with E-state index in [2.05, 4.69) is 0 Å². The van der Waals surface area contributed by atoms with Crippen LogP contribution in [0.25, 0.3) is 0 Å². The van der Waals surface area contributed by atoms with Crippen molar-refractivity contribution in [1.29, 1.82) is 0 Å². The molecule has 0 aromatic carbocycles. The second-order valence-electron chi connectivity index (χ2n) is 0.513. The fourth-order valence-electron chi connectivity index (χ4n) is 0. The molecule has 3 N–H and O–H groups in total. The van der Waals surface area contributed by atoms with Gasteiger partial charge in [0.15, 0.2) is 0 Å². The zero-order chi connectivity index (χ0) is 4.50. The summed E-state index contributed by atoms with van der Waals surface area (Å²) in [5.41, 5.74) is 0. The third kappa shape index (κ3) is 64.7. The Hall–Kier alpha value is 2.21. The van der Waals surface area contributed by atoms with Crippen LogP contribution in [0.5, 0.6) is 0 Å². The van der Waals surface area contributed by atoms with Gasteiger partial charge in [0.25, 0.3) is 0 Å². The van der Waals surface area contributed by atoms with Crippen molar-refractivity contribution in [2.24, 2.45) is 0 Å². The van der Waals surface area contributed by atoms with Gasteiger partial charge >= 0.3 is 53.3 Å². The molecule has 0 heterocycles. The Morgan fingerprint density at radius 1 is 1.14 bits per heavy atom. The molecule has 0 saturated carbocycles. The van der Waals surface area contributed by atoms with Gasteiger partial charge in [-0.15, -0.1) is 0 Å². The quantitative estimate of drug-likeness (QED) is 0.350. The second kappa shape index (κ2) is 6.34. The van der Waals surface area contributed by atoms with Crippen LogP contribution in [0, 0.1) is 0 Å². The zero-order valence-electron chi connectivity index (χ0n) is 2.90. The molecule has 0 aromatic rings. The smallest absolute Gasteiger partial charge is 0 e. The van der Waals surface area contributed by atoms with E-state index in [9.17, 15) is 0 Å². The van der Waals surface area contributed by atoms with Gasteiger partial charge in [-0.3, -0.25) is 0 Å². The molecule has 0 unspecified atom stereocenters. The summed E-state index contributed by atoms with van der Waals surface area (Å²) < 4.78 is 8.88. The molecule has 0 spiro atoms. The van der Waals surface area contributed by atoms with Crippen molar-refractivity contribution in [2.75, 3.05) is 0 Å². The van der Waals surface area contributed by atoms with E-state index in [1.165, 1.54) is 0 Å². The topological polar surface area (TPSA) is 77.8 Å². The van der Waals surface area contributed by atoms with E-state index in [1.54, 1.807) is 0 Å². The molecule has 38 valence electrons. The van der Waals surface area contributed by atoms with E-state index >= 15 is 0 Å². The summed E-state index contributed by atoms with van der Waals surface area (Å²) in [6.07, 6.45) is 0. The van der Waals surface area contributed by atoms with Crippen molar-refractivity contribution in [1.82, 2.24) is 0 Å². The fourth-order valence-corrected chi connectivity index (χ4v) is 0. The third-order valence-electron chi connectivity index (χ3n) is 0. The number of rotatable bonds is 0. The van der Waals surface area contributed by atoms with Crippen LogP contribution in [0.3, 0.4) is 0 Å². The first-order valence-corrected chi connectivity index (χ1v) is 2.35. The van der Waals surface area contributed by atoms with E-state index in [4.69, 9.17) is 19.2 Å². The maximum Gasteiger partial charge on any atom is 0 e. The summed E-state index contributed by atoms with van der Waals surface area (Å²) in [5, 5.41) is 0. The van der Waals surface area contributed by atoms with Crippen molar-refractivity contribution in [3.63, 3.8) is 0 Å². The molecular weight excluding hydrogens is 248 g/mol. The van der Waals surface area contributed by atoms with Gasteiger partial charge < -0.3 is 14.7 Å². The number of phosphoric acid groups is 1. The first kappa shape index (κ1) is 16.1. The predicted molar refractivity (Wildman–Crippen MR) is 22.8 cm³/mol. The summed E-state index contributed by atoms with van der Waals surface area (Å²) in [4.78, 5) is 21.6. The van der Waals surface area contributed by atoms with Crippen LogP contribution < -0.4 is 0 Å². The second-order valence-corrected chi connectivity index (χ2v) is 1.54. The summed E-state index contributed by atoms with van der Waals surface area (Å²) in [7, 11) is -4.64. The molecule has 0 radical (unpaired) electrons. The van der Waals surface area contributed by atoms with Crippen molar-refractivity contribution < 1.29 is 38.7 Å². The molecule has 4 nitrogen and oxygen atoms in total. The van der Waals surface area contributed by atoms with Gasteiger partial charge in [0, 0.05) is 19.5 Å². The molecule has 0 amide bonds. The molecule has 0 aliphatic rings. The van der Waals surface area contributed by atoms with Gasteiger partial charge in [0.2, 0.25) is 0 Å². The van der Waals surface area contributed by atoms with Crippen LogP contribution in [-0.2, 0) is 24.0 Å². The van der Waals surface area contributed by atoms with Gasteiger partial charge in [-0.05, 0) is 0 Å². The van der Waals surface area contributed by atoms with E-state index in [0.29, 0.717) is 0 Å². The summed E-state index contributed by atoms with van der Waals surface area (Å²) in [5.74, 6) is 0. The Labute approximate surface area is 90.6 Å². The monoisotopic (exact) mass is 252 g/mol. The first-order valence-electron chi connectivity index (χ1n) is 0.783. The van der Waals surface area contributed by atoms with E-state index in [-0.39, 0.29) is 65.0 Å². The molecule has 0 aromatic heterocycles. The SMILES string of the molecule is O=P(O)(O)O.[SrH2].[Zn]. The van der Waals surface area contributed by atoms with Crippen LogP contribution >= 0.6 is 7.82 Å². The van der Waals surface area contributed by atoms with Crippen LogP contribution in [-0.4, -0.2) is 60.2 Å². The van der Waals surface area contributed by atoms with Crippen molar-refractivity contribution in [3.05, 3.63) is 0 Å². The minimum Gasteiger partial charge on any atom is 0 e. The molecule has 7 heteroatoms. The standard InChI is InChI=1S/H3O4P.Sr.Zn.2H/c1-5(2,3)4;;;;/h(H3,1,2,3,4);;;;. The Kier molecular flexibility index (Phi) is 14.6. The van der Waals surface area contributed by atoms with Gasteiger partial charge in [-0.1, -0.05) is 0 Å². The maximum absolute atomic E-state index is 8.88. The fraction of sp³-hybridized carbons (Fsp3) is 0. The summed E-state index contributed by atoms with van der Waals surface area (Å²) >= 11 is 0. The zero-order valence-corrected chi connectivity index (χ0v) is 6.77. The van der Waals surface area contributed by atoms with Crippen LogP contribution in [0.2, 0.25) is 0 Å². The molecule has 0 aliphatic carbocycles. The normalized spacial score (nSPS) is 8.43. The average molecular weight is 253 g/mol. The minimum absolute atomic E-state index is 0. The van der Waals surface area contributed by atoms with Gasteiger partial charge in [-0.25, -0.2) is 4.57 Å². The Balaban J connectivity index is -0.0000000800. The van der Waals surface area contributed by atoms with Crippen molar-refractivity contribution in [3.8, 4) is 0 Å². The van der Waals surface area contributed by atoms with Crippen LogP contribution in [0.4, 0.5) is 0 Å². The maximum atomic E-state index is 8.88. The molecule has 0 atom stereocenters. The largest absolute Gasteiger partial charge is 0 e. The average Bonchev–Trinajstić information content (AvgIpc) is 0.722. The van der Waals surface area contributed by atoms with Crippen molar-refractivity contribution >= 4 is 53.3 Å². The Bertz CT molecular complexity index is 57.8. The van der Waals surface area contributed by atoms with E-state index in [1.807, 2.05) is 0 Å². The number of hydrogen-bond acceptors (Lipinski definition) is 1. The van der Waals surface area contributed by atoms with Gasteiger partial charge in [0.1, 0.15) is 0 Å². The Morgan fingerprint density at radius 3 is 1.14 bits per heavy atom. The minimum atomic E-state index is -4.64. The van der Waals surface area contributed by atoms with Gasteiger partial charge in [0.05, 0.1) is 0 Å². The Morgan fingerprint density at radius 2 is 1.14 bits per heavy atom. The molecule has 0 saturated heterocycles. The van der Waals surface area contributed by atoms with Crippen molar-refractivity contribution in [2.45, 2.75) is 0 Å². The van der Waals surface area contributed by atoms with Gasteiger partial charge in [-0.2, -0.15) is 0 Å². The molecule has 7 heavy (non-hydrogen) atoms. The van der Waals surface area contributed by atoms with E-state index < -0.39 is 7.82 Å². The molecule has 0 rings (SSSR count). The molecule has 0 fully saturated rings. The summed E-state index contributed by atoms with van der Waals surface area (Å²) in [6.45, 7) is 0. The van der Waals surface area contributed by atoms with Crippen LogP contribution in [0.1, 0.15) is 0 Å². The van der Waals surface area contributed by atoms with Crippen LogP contribution in [0.15, 0.2) is 0 Å².